The van der Waals surface area contributed by atoms with Crippen LogP contribution in [0.25, 0.3) is 0 Å². The maximum atomic E-state index is 11.0. The molecule has 78 valence electrons. The van der Waals surface area contributed by atoms with Crippen molar-refractivity contribution in [3.63, 3.8) is 0 Å². The average molecular weight is 195 g/mol. The zero-order valence-electron chi connectivity index (χ0n) is 8.95. The summed E-state index contributed by atoms with van der Waals surface area (Å²) in [7, 11) is 0. The van der Waals surface area contributed by atoms with Crippen LogP contribution in [0.1, 0.15) is 49.4 Å². The molecule has 1 unspecified atom stereocenters. The van der Waals surface area contributed by atoms with E-state index in [4.69, 9.17) is 5.11 Å². The molecule has 1 aromatic rings. The Kier molecular flexibility index (Phi) is 3.33. The number of aromatic nitrogens is 1. The second kappa shape index (κ2) is 4.31. The minimum absolute atomic E-state index is 0.256. The van der Waals surface area contributed by atoms with Crippen molar-refractivity contribution in [2.75, 3.05) is 0 Å². The fourth-order valence-corrected chi connectivity index (χ4v) is 1.66. The van der Waals surface area contributed by atoms with Crippen LogP contribution in [0.4, 0.5) is 0 Å². The number of carboxylic acids is 1. The van der Waals surface area contributed by atoms with Gasteiger partial charge in [0.05, 0.1) is 0 Å². The molecular formula is C11H17NO2. The maximum Gasteiger partial charge on any atom is 0.352 e. The van der Waals surface area contributed by atoms with E-state index in [1.165, 1.54) is 0 Å². The summed E-state index contributed by atoms with van der Waals surface area (Å²) in [5.74, 6) is -0.843. The molecule has 0 aliphatic carbocycles. The lowest BCUT2D eigenvalue weighted by Crippen LogP contribution is -2.14. The van der Waals surface area contributed by atoms with Crippen LogP contribution in [0, 0.1) is 0 Å². The molecule has 3 nitrogen and oxygen atoms in total. The number of hydrogen-bond donors (Lipinski definition) is 1. The topological polar surface area (TPSA) is 42.2 Å². The SMILES string of the molecule is CCc1ccc(C(=O)O)n1C(C)CC. The smallest absolute Gasteiger partial charge is 0.352 e. The van der Waals surface area contributed by atoms with E-state index >= 15 is 0 Å². The molecule has 0 fully saturated rings. The first-order valence-corrected chi connectivity index (χ1v) is 5.05. The summed E-state index contributed by atoms with van der Waals surface area (Å²) < 4.78 is 1.92. The van der Waals surface area contributed by atoms with Crippen molar-refractivity contribution in [1.29, 1.82) is 0 Å². The van der Waals surface area contributed by atoms with Gasteiger partial charge in [-0.2, -0.15) is 0 Å². The van der Waals surface area contributed by atoms with Crippen molar-refractivity contribution in [2.45, 2.75) is 39.7 Å². The van der Waals surface area contributed by atoms with Crippen LogP contribution in [0.5, 0.6) is 0 Å². The van der Waals surface area contributed by atoms with Crippen LogP contribution in [-0.2, 0) is 6.42 Å². The van der Waals surface area contributed by atoms with Crippen LogP contribution in [-0.4, -0.2) is 15.6 Å². The summed E-state index contributed by atoms with van der Waals surface area (Å²) in [6.07, 6.45) is 1.82. The molecule has 1 aromatic heterocycles. The molecule has 0 saturated heterocycles. The Labute approximate surface area is 84.4 Å². The molecule has 3 heteroatoms. The van der Waals surface area contributed by atoms with E-state index < -0.39 is 5.97 Å². The highest BCUT2D eigenvalue weighted by molar-refractivity contribution is 5.86. The molecule has 0 bridgehead atoms. The van der Waals surface area contributed by atoms with Gasteiger partial charge in [-0.15, -0.1) is 0 Å². The van der Waals surface area contributed by atoms with Crippen LogP contribution >= 0.6 is 0 Å². The van der Waals surface area contributed by atoms with E-state index in [1.54, 1.807) is 6.07 Å². The first-order valence-electron chi connectivity index (χ1n) is 5.05. The number of aryl methyl sites for hydroxylation is 1. The van der Waals surface area contributed by atoms with E-state index in [-0.39, 0.29) is 6.04 Å². The van der Waals surface area contributed by atoms with Crippen molar-refractivity contribution < 1.29 is 9.90 Å². The highest BCUT2D eigenvalue weighted by Gasteiger charge is 2.16. The van der Waals surface area contributed by atoms with E-state index in [0.29, 0.717) is 5.69 Å². The Morgan fingerprint density at radius 2 is 2.14 bits per heavy atom. The van der Waals surface area contributed by atoms with Gasteiger partial charge in [0.1, 0.15) is 5.69 Å². The van der Waals surface area contributed by atoms with Crippen LogP contribution in [0.3, 0.4) is 0 Å². The third-order valence-electron chi connectivity index (χ3n) is 2.62. The van der Waals surface area contributed by atoms with E-state index in [2.05, 4.69) is 6.92 Å². The van der Waals surface area contributed by atoms with E-state index in [1.807, 2.05) is 24.5 Å². The molecular weight excluding hydrogens is 178 g/mol. The average Bonchev–Trinajstić information content (AvgIpc) is 2.59. The molecule has 0 radical (unpaired) electrons. The molecule has 0 amide bonds. The molecule has 0 aliphatic heterocycles. The number of aromatic carboxylic acids is 1. The molecule has 0 aromatic carbocycles. The largest absolute Gasteiger partial charge is 0.477 e. The zero-order chi connectivity index (χ0) is 10.7. The van der Waals surface area contributed by atoms with E-state index in [0.717, 1.165) is 18.5 Å². The van der Waals surface area contributed by atoms with Crippen LogP contribution in [0.15, 0.2) is 12.1 Å². The fourth-order valence-electron chi connectivity index (χ4n) is 1.66. The summed E-state index contributed by atoms with van der Waals surface area (Å²) >= 11 is 0. The van der Waals surface area contributed by atoms with Crippen molar-refractivity contribution in [1.82, 2.24) is 4.57 Å². The fraction of sp³-hybridized carbons (Fsp3) is 0.545. The summed E-state index contributed by atoms with van der Waals surface area (Å²) in [6.45, 7) is 6.15. The van der Waals surface area contributed by atoms with Gasteiger partial charge >= 0.3 is 5.97 Å². The maximum absolute atomic E-state index is 11.0. The normalized spacial score (nSPS) is 12.8. The summed E-state index contributed by atoms with van der Waals surface area (Å²) in [6, 6.07) is 3.84. The first kappa shape index (κ1) is 10.8. The van der Waals surface area contributed by atoms with E-state index in [9.17, 15) is 4.79 Å². The molecule has 1 rings (SSSR count). The number of nitrogens with zero attached hydrogens (tertiary/aromatic N) is 1. The molecule has 1 atom stereocenters. The van der Waals surface area contributed by atoms with Gasteiger partial charge in [-0.05, 0) is 31.9 Å². The lowest BCUT2D eigenvalue weighted by atomic mass is 10.2. The van der Waals surface area contributed by atoms with Gasteiger partial charge in [-0.1, -0.05) is 13.8 Å². The van der Waals surface area contributed by atoms with Gasteiger partial charge in [-0.3, -0.25) is 0 Å². The summed E-state index contributed by atoms with van der Waals surface area (Å²) in [5, 5.41) is 9.00. The second-order valence-electron chi connectivity index (χ2n) is 3.50. The third kappa shape index (κ3) is 1.81. The van der Waals surface area contributed by atoms with Crippen LogP contribution in [0.2, 0.25) is 0 Å². The molecule has 14 heavy (non-hydrogen) atoms. The molecule has 1 N–H and O–H groups in total. The third-order valence-corrected chi connectivity index (χ3v) is 2.62. The minimum Gasteiger partial charge on any atom is -0.477 e. The predicted octanol–water partition coefficient (Wildman–Crippen LogP) is 2.72. The lowest BCUT2D eigenvalue weighted by molar-refractivity contribution is 0.0682. The van der Waals surface area contributed by atoms with Crippen molar-refractivity contribution in [2.24, 2.45) is 0 Å². The monoisotopic (exact) mass is 195 g/mol. The van der Waals surface area contributed by atoms with Gasteiger partial charge < -0.3 is 9.67 Å². The van der Waals surface area contributed by atoms with Gasteiger partial charge in [-0.25, -0.2) is 4.79 Å². The standard InChI is InChI=1S/C11H17NO2/c1-4-8(3)12-9(5-2)6-7-10(12)11(13)14/h6-8H,4-5H2,1-3H3,(H,13,14). The highest BCUT2D eigenvalue weighted by atomic mass is 16.4. The van der Waals surface area contributed by atoms with Crippen molar-refractivity contribution in [3.05, 3.63) is 23.5 Å². The number of carbonyl (C=O) groups is 1. The van der Waals surface area contributed by atoms with Gasteiger partial charge in [0.2, 0.25) is 0 Å². The quantitative estimate of drug-likeness (QED) is 0.802. The van der Waals surface area contributed by atoms with Gasteiger partial charge in [0.25, 0.3) is 0 Å². The number of rotatable bonds is 4. The van der Waals surface area contributed by atoms with Crippen molar-refractivity contribution in [3.8, 4) is 0 Å². The lowest BCUT2D eigenvalue weighted by Gasteiger charge is -2.17. The molecule has 0 aliphatic rings. The Hall–Kier alpha value is -1.25. The Bertz CT molecular complexity index is 328. The number of hydrogen-bond acceptors (Lipinski definition) is 1. The molecule has 1 heterocycles. The van der Waals surface area contributed by atoms with Crippen molar-refractivity contribution >= 4 is 5.97 Å². The number of carboxylic acid groups (broad SMARTS) is 1. The van der Waals surface area contributed by atoms with Gasteiger partial charge in [0, 0.05) is 11.7 Å². The Morgan fingerprint density at radius 3 is 2.57 bits per heavy atom. The minimum atomic E-state index is -0.843. The second-order valence-corrected chi connectivity index (χ2v) is 3.50. The Morgan fingerprint density at radius 1 is 1.50 bits per heavy atom. The molecule has 0 saturated carbocycles. The predicted molar refractivity (Wildman–Crippen MR) is 55.8 cm³/mol. The molecule has 0 spiro atoms. The zero-order valence-corrected chi connectivity index (χ0v) is 8.95. The van der Waals surface area contributed by atoms with Crippen LogP contribution < -0.4 is 0 Å². The Balaban J connectivity index is 3.19. The summed E-state index contributed by atoms with van der Waals surface area (Å²) in [4.78, 5) is 11.0. The first-order chi connectivity index (χ1) is 6.61. The van der Waals surface area contributed by atoms with Gasteiger partial charge in [0.15, 0.2) is 0 Å². The highest BCUT2D eigenvalue weighted by Crippen LogP contribution is 2.19. The summed E-state index contributed by atoms with van der Waals surface area (Å²) in [5.41, 5.74) is 1.49.